The van der Waals surface area contributed by atoms with Crippen molar-refractivity contribution in [1.82, 2.24) is 10.2 Å². The quantitative estimate of drug-likeness (QED) is 0.705. The Morgan fingerprint density at radius 2 is 2.00 bits per heavy atom. The molecule has 0 radical (unpaired) electrons. The van der Waals surface area contributed by atoms with Crippen LogP contribution in [-0.2, 0) is 4.79 Å². The molecule has 0 aliphatic carbocycles. The van der Waals surface area contributed by atoms with E-state index in [4.69, 9.17) is 0 Å². The maximum absolute atomic E-state index is 11.8. The molecule has 0 bridgehead atoms. The lowest BCUT2D eigenvalue weighted by atomic mass is 10.1. The third-order valence-electron chi connectivity index (χ3n) is 2.46. The maximum Gasteiger partial charge on any atom is 0.225 e. The van der Waals surface area contributed by atoms with Gasteiger partial charge in [0.05, 0.1) is 0 Å². The van der Waals surface area contributed by atoms with Gasteiger partial charge in [0.25, 0.3) is 0 Å². The summed E-state index contributed by atoms with van der Waals surface area (Å²) in [6.45, 7) is 10.6. The van der Waals surface area contributed by atoms with Crippen LogP contribution in [0.2, 0.25) is 0 Å². The average Bonchev–Trinajstić information content (AvgIpc) is 2.25. The number of allylic oxidation sites excluding steroid dienone is 5. The second-order valence-corrected chi connectivity index (χ2v) is 5.00. The first-order chi connectivity index (χ1) is 8.36. The Labute approximate surface area is 111 Å². The number of nitrogens with zero attached hydrogens (tertiary/aromatic N) is 1. The summed E-state index contributed by atoms with van der Waals surface area (Å²) in [5.41, 5.74) is 2.04. The average molecular weight is 250 g/mol. The Morgan fingerprint density at radius 1 is 1.39 bits per heavy atom. The van der Waals surface area contributed by atoms with Gasteiger partial charge in [-0.25, -0.2) is 0 Å². The third kappa shape index (κ3) is 7.85. The van der Waals surface area contributed by atoms with E-state index < -0.39 is 0 Å². The Balaban J connectivity index is 4.59. The summed E-state index contributed by atoms with van der Waals surface area (Å²) in [6.07, 6.45) is 6.19. The second-order valence-electron chi connectivity index (χ2n) is 5.00. The molecule has 0 rings (SSSR count). The van der Waals surface area contributed by atoms with Gasteiger partial charge in [-0.2, -0.15) is 0 Å². The van der Waals surface area contributed by atoms with Crippen molar-refractivity contribution in [2.24, 2.45) is 5.92 Å². The summed E-state index contributed by atoms with van der Waals surface area (Å²) in [7, 11) is 3.92. The van der Waals surface area contributed by atoms with Gasteiger partial charge in [-0.15, -0.1) is 0 Å². The van der Waals surface area contributed by atoms with E-state index in [1.165, 1.54) is 0 Å². The van der Waals surface area contributed by atoms with Crippen molar-refractivity contribution in [3.8, 4) is 0 Å². The molecule has 0 atom stereocenters. The minimum atomic E-state index is 0.0649. The van der Waals surface area contributed by atoms with Crippen LogP contribution < -0.4 is 5.32 Å². The van der Waals surface area contributed by atoms with Crippen LogP contribution in [0.15, 0.2) is 36.1 Å². The zero-order valence-electron chi connectivity index (χ0n) is 12.3. The molecule has 0 aliphatic rings. The molecule has 0 spiro atoms. The highest BCUT2D eigenvalue weighted by Crippen LogP contribution is 2.10. The number of rotatable bonds is 7. The van der Waals surface area contributed by atoms with Crippen molar-refractivity contribution in [2.45, 2.75) is 27.2 Å². The van der Waals surface area contributed by atoms with Crippen LogP contribution in [0.5, 0.6) is 0 Å². The Kier molecular flexibility index (Phi) is 8.05. The third-order valence-corrected chi connectivity index (χ3v) is 2.46. The molecule has 0 fully saturated rings. The van der Waals surface area contributed by atoms with Crippen molar-refractivity contribution >= 4 is 5.91 Å². The molecule has 0 unspecified atom stereocenters. The van der Waals surface area contributed by atoms with Crippen LogP contribution in [0, 0.1) is 5.92 Å². The van der Waals surface area contributed by atoms with Gasteiger partial charge in [0.2, 0.25) is 5.91 Å². The number of carbonyl (C=O) groups excluding carboxylic acids is 1. The first-order valence-corrected chi connectivity index (χ1v) is 6.32. The predicted molar refractivity (Wildman–Crippen MR) is 78.2 cm³/mol. The lowest BCUT2D eigenvalue weighted by molar-refractivity contribution is -0.120. The zero-order chi connectivity index (χ0) is 14.1. The normalized spacial score (nSPS) is 13.1. The minimum absolute atomic E-state index is 0.0649. The van der Waals surface area contributed by atoms with Gasteiger partial charge in [0, 0.05) is 18.7 Å². The summed E-state index contributed by atoms with van der Waals surface area (Å²) >= 11 is 0. The van der Waals surface area contributed by atoms with E-state index in [1.54, 1.807) is 6.08 Å². The highest BCUT2D eigenvalue weighted by atomic mass is 16.1. The SMILES string of the molecule is C=C/C=C(C)\C=C(\NC(=O)CCN(C)C)C(C)C. The molecule has 0 aliphatic heterocycles. The second kappa shape index (κ2) is 8.70. The summed E-state index contributed by atoms with van der Waals surface area (Å²) in [5, 5.41) is 2.98. The lowest BCUT2D eigenvalue weighted by Crippen LogP contribution is -2.28. The Hall–Kier alpha value is -1.35. The molecule has 3 heteroatoms. The molecule has 0 saturated carbocycles. The van der Waals surface area contributed by atoms with E-state index in [0.717, 1.165) is 17.8 Å². The first kappa shape index (κ1) is 16.6. The number of hydrogen-bond acceptors (Lipinski definition) is 2. The molecule has 102 valence electrons. The van der Waals surface area contributed by atoms with E-state index in [-0.39, 0.29) is 5.91 Å². The van der Waals surface area contributed by atoms with Crippen molar-refractivity contribution in [3.63, 3.8) is 0 Å². The molecular formula is C15H26N2O. The molecule has 0 aromatic carbocycles. The predicted octanol–water partition coefficient (Wildman–Crippen LogP) is 2.73. The van der Waals surface area contributed by atoms with Crippen molar-refractivity contribution in [3.05, 3.63) is 36.1 Å². The monoisotopic (exact) mass is 250 g/mol. The highest BCUT2D eigenvalue weighted by molar-refractivity contribution is 5.78. The number of nitrogens with one attached hydrogen (secondary N) is 1. The molecule has 0 aromatic rings. The van der Waals surface area contributed by atoms with Gasteiger partial charge >= 0.3 is 0 Å². The van der Waals surface area contributed by atoms with Crippen molar-refractivity contribution in [1.29, 1.82) is 0 Å². The molecule has 1 N–H and O–H groups in total. The van der Waals surface area contributed by atoms with Crippen molar-refractivity contribution < 1.29 is 4.79 Å². The number of carbonyl (C=O) groups is 1. The number of hydrogen-bond donors (Lipinski definition) is 1. The first-order valence-electron chi connectivity index (χ1n) is 6.32. The van der Waals surface area contributed by atoms with Crippen LogP contribution >= 0.6 is 0 Å². The van der Waals surface area contributed by atoms with Crippen LogP contribution in [0.25, 0.3) is 0 Å². The Morgan fingerprint density at radius 3 is 2.44 bits per heavy atom. The van der Waals surface area contributed by atoms with Gasteiger partial charge < -0.3 is 10.2 Å². The summed E-state index contributed by atoms with van der Waals surface area (Å²) < 4.78 is 0. The molecular weight excluding hydrogens is 224 g/mol. The van der Waals surface area contributed by atoms with E-state index in [1.807, 2.05) is 38.1 Å². The standard InChI is InChI=1S/C15H26N2O/c1-7-8-13(4)11-14(12(2)3)16-15(18)9-10-17(5)6/h7-8,11-12H,1,9-10H2,2-6H3,(H,16,18)/b13-8-,14-11+. The molecule has 18 heavy (non-hydrogen) atoms. The van der Waals surface area contributed by atoms with E-state index in [0.29, 0.717) is 12.3 Å². The van der Waals surface area contributed by atoms with Gasteiger partial charge in [-0.3, -0.25) is 4.79 Å². The maximum atomic E-state index is 11.8. The fraction of sp³-hybridized carbons (Fsp3) is 0.533. The molecule has 3 nitrogen and oxygen atoms in total. The van der Waals surface area contributed by atoms with Crippen LogP contribution in [0.3, 0.4) is 0 Å². The molecule has 0 aromatic heterocycles. The van der Waals surface area contributed by atoms with E-state index in [9.17, 15) is 4.79 Å². The van der Waals surface area contributed by atoms with Crippen LogP contribution in [0.1, 0.15) is 27.2 Å². The van der Waals surface area contributed by atoms with Crippen LogP contribution in [-0.4, -0.2) is 31.4 Å². The minimum Gasteiger partial charge on any atom is -0.329 e. The van der Waals surface area contributed by atoms with E-state index in [2.05, 4.69) is 25.7 Å². The highest BCUT2D eigenvalue weighted by Gasteiger charge is 2.08. The number of amides is 1. The van der Waals surface area contributed by atoms with Crippen LogP contribution in [0.4, 0.5) is 0 Å². The largest absolute Gasteiger partial charge is 0.329 e. The Bertz CT molecular complexity index is 338. The molecule has 0 saturated heterocycles. The van der Waals surface area contributed by atoms with Gasteiger partial charge in [0.1, 0.15) is 0 Å². The van der Waals surface area contributed by atoms with Gasteiger partial charge in [-0.1, -0.05) is 32.6 Å². The summed E-state index contributed by atoms with van der Waals surface area (Å²) in [4.78, 5) is 13.8. The van der Waals surface area contributed by atoms with Gasteiger partial charge in [-0.05, 0) is 38.6 Å². The lowest BCUT2D eigenvalue weighted by Gasteiger charge is -2.15. The fourth-order valence-electron chi connectivity index (χ4n) is 1.38. The smallest absolute Gasteiger partial charge is 0.225 e. The van der Waals surface area contributed by atoms with E-state index >= 15 is 0 Å². The zero-order valence-corrected chi connectivity index (χ0v) is 12.3. The molecule has 1 amide bonds. The summed E-state index contributed by atoms with van der Waals surface area (Å²) in [5.74, 6) is 0.358. The fourth-order valence-corrected chi connectivity index (χ4v) is 1.38. The molecule has 0 heterocycles. The topological polar surface area (TPSA) is 32.3 Å². The van der Waals surface area contributed by atoms with Gasteiger partial charge in [0.15, 0.2) is 0 Å². The summed E-state index contributed by atoms with van der Waals surface area (Å²) in [6, 6.07) is 0. The van der Waals surface area contributed by atoms with Crippen molar-refractivity contribution in [2.75, 3.05) is 20.6 Å².